The zero-order chi connectivity index (χ0) is 40.3. The molecule has 6 fully saturated rings. The topological polar surface area (TPSA) is 0 Å². The Morgan fingerprint density at radius 1 is 0.390 bits per heavy atom. The summed E-state index contributed by atoms with van der Waals surface area (Å²) in [4.78, 5) is 0. The van der Waals surface area contributed by atoms with Gasteiger partial charge in [-0.2, -0.15) is 0 Å². The van der Waals surface area contributed by atoms with Crippen LogP contribution in [0.2, 0.25) is 0 Å². The van der Waals surface area contributed by atoms with E-state index in [1.165, 1.54) is 152 Å². The Morgan fingerprint density at radius 3 is 0.966 bits per heavy atom. The summed E-state index contributed by atoms with van der Waals surface area (Å²) in [6.45, 7) is 0. The molecule has 0 aromatic heterocycles. The Kier molecular flexibility index (Phi) is 17.6. The molecule has 0 saturated heterocycles. The van der Waals surface area contributed by atoms with Gasteiger partial charge in [0.2, 0.25) is 0 Å². The Morgan fingerprint density at radius 2 is 0.661 bits per heavy atom. The fraction of sp³-hybridized carbons (Fsp3) is 0.704. The van der Waals surface area contributed by atoms with E-state index in [-0.39, 0.29) is 31.0 Å². The Labute approximate surface area is 380 Å². The molecule has 326 valence electrons. The molecule has 2 aromatic rings. The molecule has 10 rings (SSSR count). The minimum absolute atomic E-state index is 0.114. The van der Waals surface area contributed by atoms with Gasteiger partial charge in [-0.15, -0.1) is 0 Å². The summed E-state index contributed by atoms with van der Waals surface area (Å²) in [5.74, 6) is 1.44. The third-order valence-electron chi connectivity index (χ3n) is 17.1. The number of benzene rings is 2. The van der Waals surface area contributed by atoms with E-state index in [0.717, 1.165) is 34.5 Å². The summed E-state index contributed by atoms with van der Waals surface area (Å²) in [5, 5.41) is 1.22. The zero-order valence-electron chi connectivity index (χ0n) is 36.6. The molecule has 0 nitrogen and oxygen atoms in total. The van der Waals surface area contributed by atoms with Gasteiger partial charge in [-0.3, -0.25) is 0 Å². The summed E-state index contributed by atoms with van der Waals surface area (Å²) in [5.41, 5.74) is 10.7. The van der Waals surface area contributed by atoms with E-state index >= 15 is 0 Å². The third kappa shape index (κ3) is 10.4. The zero-order valence-corrected chi connectivity index (χ0v) is 41.6. The van der Waals surface area contributed by atoms with Crippen molar-refractivity contribution >= 4 is 47.4 Å². The summed E-state index contributed by atoms with van der Waals surface area (Å²) in [6, 6.07) is 18.8. The van der Waals surface area contributed by atoms with E-state index in [1.54, 1.807) is 62.5 Å². The molecule has 0 spiro atoms. The number of allylic oxidation sites excluding steroid dienone is 2. The number of rotatable bonds is 8. The van der Waals surface area contributed by atoms with Crippen molar-refractivity contribution in [3.8, 4) is 0 Å². The SMILES string of the molecule is C1=CC(C2(P(C3CCCCC3)C3CCCCC3)CCCCC2)c2ccccc21.C1=CC(C2(P(C3CCCCC3)C3CCCCC3)CCCCC2)c2ccccc21.[Cl][Ru][Cl]. The van der Waals surface area contributed by atoms with Crippen LogP contribution in [0, 0.1) is 0 Å². The molecule has 0 aliphatic heterocycles. The Hall–Kier alpha value is -0.0166. The van der Waals surface area contributed by atoms with Gasteiger partial charge in [0.05, 0.1) is 0 Å². The number of hydrogen-bond acceptors (Lipinski definition) is 0. The first kappa shape index (κ1) is 45.5. The van der Waals surface area contributed by atoms with Gasteiger partial charge in [-0.05, 0) is 122 Å². The number of halogens is 2. The molecule has 2 unspecified atom stereocenters. The van der Waals surface area contributed by atoms with E-state index in [4.69, 9.17) is 19.4 Å². The van der Waals surface area contributed by atoms with Gasteiger partial charge >= 0.3 is 34.5 Å². The van der Waals surface area contributed by atoms with Crippen LogP contribution in [0.3, 0.4) is 0 Å². The van der Waals surface area contributed by atoms with Gasteiger partial charge in [0.25, 0.3) is 0 Å². The minimum atomic E-state index is -0.346. The van der Waals surface area contributed by atoms with Crippen LogP contribution in [-0.2, 0) is 15.1 Å². The second kappa shape index (κ2) is 22.7. The van der Waals surface area contributed by atoms with Gasteiger partial charge in [0.15, 0.2) is 0 Å². The Balaban J connectivity index is 0.000000154. The van der Waals surface area contributed by atoms with Crippen LogP contribution in [0.25, 0.3) is 12.2 Å². The van der Waals surface area contributed by atoms with Crippen LogP contribution in [0.4, 0.5) is 0 Å². The molecule has 59 heavy (non-hydrogen) atoms. The van der Waals surface area contributed by atoms with Gasteiger partial charge in [-0.1, -0.05) is 204 Å². The molecule has 0 bridgehead atoms. The molecule has 2 aromatic carbocycles. The van der Waals surface area contributed by atoms with Crippen molar-refractivity contribution in [2.45, 2.75) is 237 Å². The molecule has 0 N–H and O–H groups in total. The summed E-state index contributed by atoms with van der Waals surface area (Å²) < 4.78 is 0. The second-order valence-corrected chi connectivity index (χ2v) is 29.3. The maximum atomic E-state index is 4.85. The van der Waals surface area contributed by atoms with Crippen molar-refractivity contribution in [2.75, 3.05) is 0 Å². The number of fused-ring (bicyclic) bond motifs is 2. The van der Waals surface area contributed by atoms with Crippen molar-refractivity contribution < 1.29 is 15.1 Å². The normalized spacial score (nSPS) is 27.5. The first-order valence-corrected chi connectivity index (χ1v) is 32.6. The molecule has 0 radical (unpaired) electrons. The van der Waals surface area contributed by atoms with Gasteiger partial charge in [0.1, 0.15) is 0 Å². The summed E-state index contributed by atoms with van der Waals surface area (Å²) in [7, 11) is 9.94. The van der Waals surface area contributed by atoms with Gasteiger partial charge in [-0.25, -0.2) is 0 Å². The van der Waals surface area contributed by atoms with Crippen LogP contribution < -0.4 is 0 Å². The fourth-order valence-electron chi connectivity index (χ4n) is 14.7. The fourth-order valence-corrected chi connectivity index (χ4v) is 25.3. The van der Waals surface area contributed by atoms with Crippen LogP contribution in [0.1, 0.15) is 227 Å². The average molecular weight is 961 g/mol. The molecular formula is C54H78Cl2P2Ru. The van der Waals surface area contributed by atoms with E-state index in [1.807, 2.05) is 0 Å². The molecular weight excluding hydrogens is 883 g/mol. The molecule has 8 aliphatic rings. The van der Waals surface area contributed by atoms with Crippen LogP contribution >= 0.6 is 35.2 Å². The van der Waals surface area contributed by atoms with E-state index in [0.29, 0.717) is 10.3 Å². The average Bonchev–Trinajstić information content (AvgIpc) is 3.95. The summed E-state index contributed by atoms with van der Waals surface area (Å²) >= 11 is -0.346. The van der Waals surface area contributed by atoms with Crippen LogP contribution in [0.5, 0.6) is 0 Å². The first-order valence-electron chi connectivity index (χ1n) is 25.1. The molecule has 0 amide bonds. The van der Waals surface area contributed by atoms with E-state index in [9.17, 15) is 0 Å². The monoisotopic (exact) mass is 960 g/mol. The standard InChI is InChI=1S/2C27H39P.2ClH.Ru/c2*1-4-13-23(14-5-1)28(24-15-6-2-7-16-24)27(20-10-3-11-21-27)26-19-18-22-12-8-9-17-25(22)26;;;/h2*8-9,12,17-19,23-24,26H,1-7,10-11,13-16,20-21H2;2*1H;/q;;;;+2/p-2. The van der Waals surface area contributed by atoms with Gasteiger partial charge < -0.3 is 0 Å². The maximum absolute atomic E-state index is 4.85. The molecule has 0 heterocycles. The summed E-state index contributed by atoms with van der Waals surface area (Å²) in [6.07, 6.45) is 55.9. The quantitative estimate of drug-likeness (QED) is 0.183. The van der Waals surface area contributed by atoms with E-state index < -0.39 is 0 Å². The van der Waals surface area contributed by atoms with Crippen molar-refractivity contribution in [2.24, 2.45) is 0 Å². The first-order chi connectivity index (χ1) is 29.2. The molecule has 2 atom stereocenters. The molecule has 5 heteroatoms. The van der Waals surface area contributed by atoms with Crippen molar-refractivity contribution in [3.63, 3.8) is 0 Å². The second-order valence-electron chi connectivity index (χ2n) is 20.3. The van der Waals surface area contributed by atoms with Gasteiger partial charge in [0, 0.05) is 22.1 Å². The Bertz CT molecular complexity index is 1460. The van der Waals surface area contributed by atoms with E-state index in [2.05, 4.69) is 72.8 Å². The van der Waals surface area contributed by atoms with Crippen molar-refractivity contribution in [1.82, 2.24) is 0 Å². The molecule has 8 aliphatic carbocycles. The predicted molar refractivity (Wildman–Crippen MR) is 261 cm³/mol. The van der Waals surface area contributed by atoms with Crippen LogP contribution in [-0.4, -0.2) is 32.9 Å². The van der Waals surface area contributed by atoms with Crippen LogP contribution in [0.15, 0.2) is 60.7 Å². The van der Waals surface area contributed by atoms with Crippen molar-refractivity contribution in [3.05, 3.63) is 82.9 Å². The molecule has 6 saturated carbocycles. The number of hydrogen-bond donors (Lipinski definition) is 0. The predicted octanol–water partition coefficient (Wildman–Crippen LogP) is 18.7. The third-order valence-corrected chi connectivity index (χ3v) is 25.8. The van der Waals surface area contributed by atoms with Crippen molar-refractivity contribution in [1.29, 1.82) is 0 Å².